The van der Waals surface area contributed by atoms with Crippen LogP contribution in [0.2, 0.25) is 0 Å². The Balaban J connectivity index is 2.26. The molecule has 0 saturated carbocycles. The van der Waals surface area contributed by atoms with Crippen LogP contribution in [-0.4, -0.2) is 27.8 Å². The number of aliphatic hydroxyl groups is 1. The molecule has 0 saturated heterocycles. The van der Waals surface area contributed by atoms with Crippen molar-refractivity contribution in [2.75, 3.05) is 11.9 Å². The molecule has 20 heavy (non-hydrogen) atoms. The molecule has 5 heteroatoms. The first-order valence-electron chi connectivity index (χ1n) is 6.21. The Hall–Kier alpha value is -2.58. The molecule has 0 spiro atoms. The third-order valence-corrected chi connectivity index (χ3v) is 2.64. The summed E-state index contributed by atoms with van der Waals surface area (Å²) in [5.74, 6) is 5.52. The molecule has 1 aromatic heterocycles. The van der Waals surface area contributed by atoms with Crippen LogP contribution in [-0.2, 0) is 0 Å². The number of hydrogen-bond acceptors (Lipinski definition) is 3. The van der Waals surface area contributed by atoms with Crippen molar-refractivity contribution in [3.63, 3.8) is 0 Å². The van der Waals surface area contributed by atoms with Crippen molar-refractivity contribution in [2.45, 2.75) is 13.3 Å². The smallest absolute Gasteiger partial charge is 0.257 e. The van der Waals surface area contributed by atoms with Crippen molar-refractivity contribution in [1.29, 1.82) is 0 Å². The monoisotopic (exact) mass is 269 g/mol. The van der Waals surface area contributed by atoms with Crippen molar-refractivity contribution < 1.29 is 9.90 Å². The predicted octanol–water partition coefficient (Wildman–Crippen LogP) is 1.70. The highest BCUT2D eigenvalue weighted by atomic mass is 16.2. The second-order valence-corrected chi connectivity index (χ2v) is 4.27. The Morgan fingerprint density at radius 3 is 3.05 bits per heavy atom. The molecule has 1 amide bonds. The standard InChI is InChI=1S/C15H15N3O2/c1-11-5-6-14(12(8-11)4-2-3-7-19)15(20)18-13-9-16-17-10-13/h5-6,8-10,19H,3,7H2,1H3,(H,16,17)(H,18,20). The van der Waals surface area contributed by atoms with Gasteiger partial charge in [-0.1, -0.05) is 17.9 Å². The SMILES string of the molecule is Cc1ccc(C(=O)Nc2cn[nH]c2)c(C#CCCO)c1. The zero-order valence-electron chi connectivity index (χ0n) is 11.1. The van der Waals surface area contributed by atoms with Crippen LogP contribution in [0.15, 0.2) is 30.6 Å². The number of amides is 1. The van der Waals surface area contributed by atoms with Gasteiger partial charge < -0.3 is 10.4 Å². The van der Waals surface area contributed by atoms with Crippen molar-refractivity contribution >= 4 is 11.6 Å². The molecule has 0 aliphatic rings. The lowest BCUT2D eigenvalue weighted by atomic mass is 10.0. The highest BCUT2D eigenvalue weighted by Gasteiger charge is 2.11. The maximum absolute atomic E-state index is 12.2. The van der Waals surface area contributed by atoms with E-state index in [0.29, 0.717) is 23.2 Å². The van der Waals surface area contributed by atoms with E-state index in [1.54, 1.807) is 12.3 Å². The molecule has 0 radical (unpaired) electrons. The highest BCUT2D eigenvalue weighted by Crippen LogP contribution is 2.13. The molecule has 2 rings (SSSR count). The van der Waals surface area contributed by atoms with E-state index in [1.807, 2.05) is 19.1 Å². The molecule has 0 bridgehead atoms. The van der Waals surface area contributed by atoms with E-state index in [-0.39, 0.29) is 12.5 Å². The summed E-state index contributed by atoms with van der Waals surface area (Å²) < 4.78 is 0. The van der Waals surface area contributed by atoms with Crippen LogP contribution in [0.4, 0.5) is 5.69 Å². The Labute approximate surface area is 117 Å². The van der Waals surface area contributed by atoms with E-state index in [4.69, 9.17) is 5.11 Å². The molecule has 0 aliphatic carbocycles. The topological polar surface area (TPSA) is 78.0 Å². The number of anilines is 1. The Kier molecular flexibility index (Phi) is 4.53. The zero-order valence-corrected chi connectivity index (χ0v) is 11.1. The number of aryl methyl sites for hydroxylation is 1. The minimum Gasteiger partial charge on any atom is -0.395 e. The van der Waals surface area contributed by atoms with Crippen molar-refractivity contribution in [1.82, 2.24) is 10.2 Å². The van der Waals surface area contributed by atoms with E-state index in [1.165, 1.54) is 6.20 Å². The largest absolute Gasteiger partial charge is 0.395 e. The van der Waals surface area contributed by atoms with E-state index >= 15 is 0 Å². The van der Waals surface area contributed by atoms with Crippen LogP contribution < -0.4 is 5.32 Å². The third kappa shape index (κ3) is 3.46. The summed E-state index contributed by atoms with van der Waals surface area (Å²) in [7, 11) is 0. The summed E-state index contributed by atoms with van der Waals surface area (Å²) in [4.78, 5) is 12.2. The highest BCUT2D eigenvalue weighted by molar-refractivity contribution is 6.05. The van der Waals surface area contributed by atoms with Crippen LogP contribution in [0, 0.1) is 18.8 Å². The number of aliphatic hydroxyl groups excluding tert-OH is 1. The number of H-pyrrole nitrogens is 1. The van der Waals surface area contributed by atoms with Gasteiger partial charge in [0, 0.05) is 18.2 Å². The fourth-order valence-corrected chi connectivity index (χ4v) is 1.69. The van der Waals surface area contributed by atoms with Crippen molar-refractivity contribution in [3.05, 3.63) is 47.3 Å². The van der Waals surface area contributed by atoms with Gasteiger partial charge in [0.15, 0.2) is 0 Å². The number of aromatic nitrogens is 2. The lowest BCUT2D eigenvalue weighted by Gasteiger charge is -2.06. The number of aromatic amines is 1. The summed E-state index contributed by atoms with van der Waals surface area (Å²) in [6.07, 6.45) is 3.52. The van der Waals surface area contributed by atoms with E-state index in [9.17, 15) is 4.79 Å². The molecule has 0 fully saturated rings. The minimum absolute atomic E-state index is 0.00929. The Morgan fingerprint density at radius 2 is 2.35 bits per heavy atom. The number of hydrogen-bond donors (Lipinski definition) is 3. The van der Waals surface area contributed by atoms with Gasteiger partial charge in [-0.2, -0.15) is 5.10 Å². The van der Waals surface area contributed by atoms with Gasteiger partial charge in [0.2, 0.25) is 0 Å². The molecule has 102 valence electrons. The van der Waals surface area contributed by atoms with Crippen LogP contribution in [0.3, 0.4) is 0 Å². The van der Waals surface area contributed by atoms with Gasteiger partial charge in [0.25, 0.3) is 5.91 Å². The maximum atomic E-state index is 12.2. The van der Waals surface area contributed by atoms with Crippen LogP contribution in [0.1, 0.15) is 27.9 Å². The van der Waals surface area contributed by atoms with Crippen molar-refractivity contribution in [2.24, 2.45) is 0 Å². The fourth-order valence-electron chi connectivity index (χ4n) is 1.69. The average Bonchev–Trinajstić information content (AvgIpc) is 2.92. The second-order valence-electron chi connectivity index (χ2n) is 4.27. The predicted molar refractivity (Wildman–Crippen MR) is 76.3 cm³/mol. The van der Waals surface area contributed by atoms with Crippen LogP contribution in [0.5, 0.6) is 0 Å². The Morgan fingerprint density at radius 1 is 1.50 bits per heavy atom. The summed E-state index contributed by atoms with van der Waals surface area (Å²) in [6.45, 7) is 1.95. The molecule has 0 aliphatic heterocycles. The van der Waals surface area contributed by atoms with Gasteiger partial charge in [-0.05, 0) is 24.6 Å². The normalized spacial score (nSPS) is 9.70. The van der Waals surface area contributed by atoms with E-state index < -0.39 is 0 Å². The number of carbonyl (C=O) groups is 1. The average molecular weight is 269 g/mol. The molecule has 1 aromatic carbocycles. The molecular formula is C15H15N3O2. The molecule has 0 atom stereocenters. The zero-order chi connectivity index (χ0) is 14.4. The number of carbonyl (C=O) groups excluding carboxylic acids is 1. The lowest BCUT2D eigenvalue weighted by molar-refractivity contribution is 0.102. The summed E-state index contributed by atoms with van der Waals surface area (Å²) in [6, 6.07) is 5.46. The Bertz CT molecular complexity index is 651. The fraction of sp³-hybridized carbons (Fsp3) is 0.200. The summed E-state index contributed by atoms with van der Waals surface area (Å²) in [5.41, 5.74) is 2.78. The first kappa shape index (κ1) is 13.8. The first-order chi connectivity index (χ1) is 9.70. The summed E-state index contributed by atoms with van der Waals surface area (Å²) in [5, 5.41) is 17.9. The lowest BCUT2D eigenvalue weighted by Crippen LogP contribution is -2.13. The first-order valence-corrected chi connectivity index (χ1v) is 6.21. The van der Waals surface area contributed by atoms with Gasteiger partial charge >= 0.3 is 0 Å². The number of benzene rings is 1. The molecule has 0 unspecified atom stereocenters. The summed E-state index contributed by atoms with van der Waals surface area (Å²) >= 11 is 0. The van der Waals surface area contributed by atoms with Gasteiger partial charge in [-0.15, -0.1) is 0 Å². The molecule has 5 nitrogen and oxygen atoms in total. The van der Waals surface area contributed by atoms with E-state index in [2.05, 4.69) is 27.4 Å². The molecule has 2 aromatic rings. The number of nitrogens with zero attached hydrogens (tertiary/aromatic N) is 1. The van der Waals surface area contributed by atoms with Gasteiger partial charge in [-0.3, -0.25) is 9.89 Å². The third-order valence-electron chi connectivity index (χ3n) is 2.64. The van der Waals surface area contributed by atoms with Crippen LogP contribution in [0.25, 0.3) is 0 Å². The number of nitrogens with one attached hydrogen (secondary N) is 2. The van der Waals surface area contributed by atoms with Crippen LogP contribution >= 0.6 is 0 Å². The minimum atomic E-state index is -0.236. The van der Waals surface area contributed by atoms with Gasteiger partial charge in [0.05, 0.1) is 24.1 Å². The van der Waals surface area contributed by atoms with Gasteiger partial charge in [-0.25, -0.2) is 0 Å². The quantitative estimate of drug-likeness (QED) is 0.742. The van der Waals surface area contributed by atoms with E-state index in [0.717, 1.165) is 5.56 Å². The van der Waals surface area contributed by atoms with Crippen molar-refractivity contribution in [3.8, 4) is 11.8 Å². The van der Waals surface area contributed by atoms with Gasteiger partial charge in [0.1, 0.15) is 0 Å². The maximum Gasteiger partial charge on any atom is 0.257 e. The molecule has 3 N–H and O–H groups in total. The number of rotatable bonds is 3. The molecular weight excluding hydrogens is 254 g/mol. The second kappa shape index (κ2) is 6.55. The molecule has 1 heterocycles.